The van der Waals surface area contributed by atoms with Gasteiger partial charge in [-0.25, -0.2) is 4.98 Å². The van der Waals surface area contributed by atoms with Gasteiger partial charge in [0.1, 0.15) is 9.53 Å². The quantitative estimate of drug-likeness (QED) is 0.827. The summed E-state index contributed by atoms with van der Waals surface area (Å²) in [6.07, 6.45) is 3.30. The summed E-state index contributed by atoms with van der Waals surface area (Å²) in [5.41, 5.74) is 0.835. The Morgan fingerprint density at radius 2 is 2.33 bits per heavy atom. The Kier molecular flexibility index (Phi) is 4.00. The number of nitrogens with one attached hydrogen (secondary N) is 1. The van der Waals surface area contributed by atoms with E-state index in [0.29, 0.717) is 0 Å². The van der Waals surface area contributed by atoms with Gasteiger partial charge in [0.25, 0.3) is 0 Å². The number of aliphatic hydroxyl groups excluding tert-OH is 1. The van der Waals surface area contributed by atoms with Crippen LogP contribution in [0.4, 0.5) is 0 Å². The molecule has 4 heteroatoms. The largest absolute Gasteiger partial charge is 0.390 e. The number of nitrogens with zero attached hydrogens (tertiary/aromatic N) is 1. The summed E-state index contributed by atoms with van der Waals surface area (Å²) in [7, 11) is 0. The van der Waals surface area contributed by atoms with Crippen molar-refractivity contribution in [3.63, 3.8) is 0 Å². The number of hydrogen-bond acceptors (Lipinski definition) is 2. The van der Waals surface area contributed by atoms with Crippen LogP contribution in [0.5, 0.6) is 0 Å². The highest BCUT2D eigenvalue weighted by Crippen LogP contribution is 2.10. The molecule has 3 nitrogen and oxygen atoms in total. The van der Waals surface area contributed by atoms with Crippen molar-refractivity contribution in [1.82, 2.24) is 9.97 Å². The van der Waals surface area contributed by atoms with Gasteiger partial charge in [-0.2, -0.15) is 0 Å². The van der Waals surface area contributed by atoms with E-state index in [4.69, 9.17) is 5.11 Å². The number of rotatable bonds is 4. The van der Waals surface area contributed by atoms with Crippen LogP contribution in [0.15, 0.2) is 0 Å². The molecule has 0 saturated carbocycles. The zero-order chi connectivity index (χ0) is 8.97. The molecule has 1 aromatic rings. The van der Waals surface area contributed by atoms with E-state index in [2.05, 4.69) is 39.5 Å². The minimum absolute atomic E-state index is 0.0530. The Bertz CT molecular complexity index is 247. The number of halogens is 1. The molecule has 0 aliphatic rings. The predicted molar refractivity (Wildman–Crippen MR) is 55.8 cm³/mol. The van der Waals surface area contributed by atoms with Crippen LogP contribution >= 0.6 is 22.6 Å². The lowest BCUT2D eigenvalue weighted by atomic mass is 10.2. The number of imidazole rings is 1. The van der Waals surface area contributed by atoms with E-state index in [0.717, 1.165) is 28.1 Å². The Morgan fingerprint density at radius 3 is 2.83 bits per heavy atom. The average molecular weight is 280 g/mol. The highest BCUT2D eigenvalue weighted by molar-refractivity contribution is 14.1. The van der Waals surface area contributed by atoms with E-state index in [1.807, 2.05) is 0 Å². The van der Waals surface area contributed by atoms with Gasteiger partial charge in [0, 0.05) is 6.42 Å². The van der Waals surface area contributed by atoms with Gasteiger partial charge in [-0.05, 0) is 29.0 Å². The minimum atomic E-state index is 0.0530. The van der Waals surface area contributed by atoms with Gasteiger partial charge in [0.2, 0.25) is 0 Å². The summed E-state index contributed by atoms with van der Waals surface area (Å²) < 4.78 is 0.890. The summed E-state index contributed by atoms with van der Waals surface area (Å²) in [5, 5.41) is 8.88. The molecule has 0 aliphatic heterocycles. The van der Waals surface area contributed by atoms with Gasteiger partial charge in [0.05, 0.1) is 12.3 Å². The van der Waals surface area contributed by atoms with Crippen molar-refractivity contribution in [2.75, 3.05) is 0 Å². The fourth-order valence-electron chi connectivity index (χ4n) is 1.01. The highest BCUT2D eigenvalue weighted by atomic mass is 127. The molecule has 1 heterocycles. The van der Waals surface area contributed by atoms with Crippen molar-refractivity contribution in [3.8, 4) is 0 Å². The molecule has 0 fully saturated rings. The van der Waals surface area contributed by atoms with Crippen LogP contribution in [0, 0.1) is 3.70 Å². The fourth-order valence-corrected chi connectivity index (χ4v) is 1.60. The topological polar surface area (TPSA) is 48.9 Å². The van der Waals surface area contributed by atoms with Crippen LogP contribution in [0.1, 0.15) is 31.3 Å². The number of aromatic nitrogens is 2. The van der Waals surface area contributed by atoms with Crippen LogP contribution in [0.2, 0.25) is 0 Å². The van der Waals surface area contributed by atoms with Crippen LogP contribution in [0.25, 0.3) is 0 Å². The maximum absolute atomic E-state index is 8.88. The lowest BCUT2D eigenvalue weighted by molar-refractivity contribution is 0.276. The Morgan fingerprint density at radius 1 is 1.58 bits per heavy atom. The third-order valence-electron chi connectivity index (χ3n) is 1.70. The van der Waals surface area contributed by atoms with E-state index >= 15 is 0 Å². The summed E-state index contributed by atoms with van der Waals surface area (Å²) in [6, 6.07) is 0. The normalized spacial score (nSPS) is 10.6. The zero-order valence-corrected chi connectivity index (χ0v) is 9.26. The molecular formula is C8H13IN2O. The molecule has 0 atom stereocenters. The van der Waals surface area contributed by atoms with E-state index < -0.39 is 0 Å². The highest BCUT2D eigenvalue weighted by Gasteiger charge is 2.05. The third kappa shape index (κ3) is 2.45. The molecule has 0 amide bonds. The van der Waals surface area contributed by atoms with Gasteiger partial charge in [0.15, 0.2) is 0 Å². The number of unbranched alkanes of at least 4 members (excludes halogenated alkanes) is 1. The molecule has 0 saturated heterocycles. The molecule has 2 N–H and O–H groups in total. The monoisotopic (exact) mass is 280 g/mol. The van der Waals surface area contributed by atoms with Gasteiger partial charge in [-0.3, -0.25) is 0 Å². The second-order valence-corrected chi connectivity index (χ2v) is 3.74. The molecule has 12 heavy (non-hydrogen) atoms. The second-order valence-electron chi connectivity index (χ2n) is 2.71. The van der Waals surface area contributed by atoms with Crippen LogP contribution < -0.4 is 0 Å². The van der Waals surface area contributed by atoms with E-state index in [9.17, 15) is 0 Å². The van der Waals surface area contributed by atoms with E-state index in [-0.39, 0.29) is 6.61 Å². The smallest absolute Gasteiger partial charge is 0.125 e. The number of aliphatic hydroxyl groups is 1. The van der Waals surface area contributed by atoms with Crippen molar-refractivity contribution in [2.24, 2.45) is 0 Å². The van der Waals surface area contributed by atoms with Crippen LogP contribution in [-0.2, 0) is 13.0 Å². The number of H-pyrrole nitrogens is 1. The Balaban J connectivity index is 2.62. The number of aromatic amines is 1. The zero-order valence-electron chi connectivity index (χ0n) is 7.10. The molecule has 68 valence electrons. The summed E-state index contributed by atoms with van der Waals surface area (Å²) in [4.78, 5) is 7.39. The van der Waals surface area contributed by atoms with Gasteiger partial charge in [-0.15, -0.1) is 0 Å². The summed E-state index contributed by atoms with van der Waals surface area (Å²) in [6.45, 7) is 2.21. The van der Waals surface area contributed by atoms with Crippen LogP contribution in [-0.4, -0.2) is 15.1 Å². The number of aryl methyl sites for hydroxylation is 1. The maximum Gasteiger partial charge on any atom is 0.125 e. The summed E-state index contributed by atoms with van der Waals surface area (Å²) in [5.74, 6) is 0.991. The third-order valence-corrected chi connectivity index (χ3v) is 2.59. The average Bonchev–Trinajstić information content (AvgIpc) is 2.43. The standard InChI is InChI=1S/C8H13IN2O/c1-2-3-4-7-10-6(5-12)8(9)11-7/h12H,2-5H2,1H3,(H,10,11). The molecule has 1 rings (SSSR count). The first kappa shape index (κ1) is 9.98. The first-order valence-electron chi connectivity index (χ1n) is 4.12. The van der Waals surface area contributed by atoms with Crippen molar-refractivity contribution < 1.29 is 5.11 Å². The Labute approximate surface area is 85.7 Å². The fraction of sp³-hybridized carbons (Fsp3) is 0.625. The molecule has 0 aliphatic carbocycles. The first-order valence-corrected chi connectivity index (χ1v) is 5.20. The van der Waals surface area contributed by atoms with Crippen molar-refractivity contribution in [2.45, 2.75) is 32.8 Å². The van der Waals surface area contributed by atoms with Crippen molar-refractivity contribution in [3.05, 3.63) is 15.2 Å². The van der Waals surface area contributed by atoms with Gasteiger partial charge >= 0.3 is 0 Å². The lowest BCUT2D eigenvalue weighted by Gasteiger charge is -1.91. The molecular weight excluding hydrogens is 267 g/mol. The Hall–Kier alpha value is -0.100. The molecule has 0 radical (unpaired) electrons. The molecule has 1 aromatic heterocycles. The first-order chi connectivity index (χ1) is 5.77. The maximum atomic E-state index is 8.88. The number of hydrogen-bond donors (Lipinski definition) is 2. The molecule has 0 aromatic carbocycles. The molecule has 0 spiro atoms. The van der Waals surface area contributed by atoms with E-state index in [1.165, 1.54) is 6.42 Å². The lowest BCUT2D eigenvalue weighted by Crippen LogP contribution is -1.88. The molecule has 0 bridgehead atoms. The summed E-state index contributed by atoms with van der Waals surface area (Å²) >= 11 is 2.13. The minimum Gasteiger partial charge on any atom is -0.390 e. The van der Waals surface area contributed by atoms with Crippen LogP contribution in [0.3, 0.4) is 0 Å². The molecule has 0 unspecified atom stereocenters. The van der Waals surface area contributed by atoms with Gasteiger partial charge < -0.3 is 10.1 Å². The second kappa shape index (κ2) is 4.81. The predicted octanol–water partition coefficient (Wildman–Crippen LogP) is 1.85. The van der Waals surface area contributed by atoms with Crippen molar-refractivity contribution in [1.29, 1.82) is 0 Å². The van der Waals surface area contributed by atoms with E-state index in [1.54, 1.807) is 0 Å². The van der Waals surface area contributed by atoms with Gasteiger partial charge in [-0.1, -0.05) is 13.3 Å². The van der Waals surface area contributed by atoms with Crippen molar-refractivity contribution >= 4 is 22.6 Å². The SMILES string of the molecule is CCCCc1nc(I)c(CO)[nH]1.